The van der Waals surface area contributed by atoms with Crippen molar-refractivity contribution in [3.63, 3.8) is 0 Å². The SMILES string of the molecule is [C-]#[N+]c1ccc2c(c1)c1cc(-c3c4ccccc4c(-c4cccc5cccnc45)c4ccccc34)ccc1n2-c1ccc([N+](=O)[O-])cc1. The molecule has 9 aromatic rings. The predicted molar refractivity (Wildman–Crippen MR) is 195 cm³/mol. The van der Waals surface area contributed by atoms with Crippen LogP contribution in [0.5, 0.6) is 0 Å². The predicted octanol–water partition coefficient (Wildman–Crippen LogP) is 11.4. The summed E-state index contributed by atoms with van der Waals surface area (Å²) in [5.74, 6) is 0. The Bertz CT molecular complexity index is 2760. The van der Waals surface area contributed by atoms with E-state index in [1.807, 2.05) is 30.5 Å². The van der Waals surface area contributed by atoms with Gasteiger partial charge in [0.25, 0.3) is 5.69 Å². The van der Waals surface area contributed by atoms with Crippen LogP contribution in [0.2, 0.25) is 0 Å². The summed E-state index contributed by atoms with van der Waals surface area (Å²) in [7, 11) is 0. The average molecular weight is 617 g/mol. The summed E-state index contributed by atoms with van der Waals surface area (Å²) < 4.78 is 2.11. The van der Waals surface area contributed by atoms with E-state index in [0.717, 1.165) is 82.2 Å². The van der Waals surface area contributed by atoms with Crippen molar-refractivity contribution in [2.45, 2.75) is 0 Å². The maximum atomic E-state index is 11.4. The third kappa shape index (κ3) is 4.08. The first kappa shape index (κ1) is 27.5. The summed E-state index contributed by atoms with van der Waals surface area (Å²) in [4.78, 5) is 19.5. The smallest absolute Gasteiger partial charge is 0.269 e. The number of pyridine rings is 1. The van der Waals surface area contributed by atoms with Gasteiger partial charge < -0.3 is 4.57 Å². The van der Waals surface area contributed by atoms with Gasteiger partial charge in [-0.1, -0.05) is 84.9 Å². The Kier molecular flexibility index (Phi) is 6.08. The van der Waals surface area contributed by atoms with Crippen LogP contribution < -0.4 is 0 Å². The number of benzene rings is 7. The Labute approximate surface area is 274 Å². The number of nitrogens with zero attached hydrogens (tertiary/aromatic N) is 4. The molecule has 0 spiro atoms. The van der Waals surface area contributed by atoms with Gasteiger partial charge in [-0.05, 0) is 86.1 Å². The second-order valence-corrected chi connectivity index (χ2v) is 11.9. The highest BCUT2D eigenvalue weighted by atomic mass is 16.6. The molecule has 2 heterocycles. The number of non-ortho nitro benzene ring substituents is 1. The monoisotopic (exact) mass is 616 g/mol. The lowest BCUT2D eigenvalue weighted by Crippen LogP contribution is -1.95. The molecule has 6 heteroatoms. The molecule has 0 aliphatic heterocycles. The number of hydrogen-bond donors (Lipinski definition) is 0. The maximum absolute atomic E-state index is 11.4. The van der Waals surface area contributed by atoms with Crippen molar-refractivity contribution >= 4 is 65.6 Å². The van der Waals surface area contributed by atoms with Gasteiger partial charge in [0.05, 0.1) is 28.0 Å². The van der Waals surface area contributed by atoms with Crippen molar-refractivity contribution in [2.24, 2.45) is 0 Å². The van der Waals surface area contributed by atoms with Crippen LogP contribution in [0.4, 0.5) is 11.4 Å². The fraction of sp³-hybridized carbons (Fsp3) is 0. The number of nitro benzene ring substituents is 1. The van der Waals surface area contributed by atoms with E-state index in [0.29, 0.717) is 5.69 Å². The molecule has 0 amide bonds. The second kappa shape index (κ2) is 10.6. The molecule has 0 fully saturated rings. The van der Waals surface area contributed by atoms with Crippen molar-refractivity contribution in [3.8, 4) is 27.9 Å². The Morgan fingerprint density at radius 1 is 0.625 bits per heavy atom. The molecule has 48 heavy (non-hydrogen) atoms. The normalized spacial score (nSPS) is 11.5. The summed E-state index contributed by atoms with van der Waals surface area (Å²) in [6, 6.07) is 46.4. The number of para-hydroxylation sites is 1. The highest BCUT2D eigenvalue weighted by Gasteiger charge is 2.20. The highest BCUT2D eigenvalue weighted by Crippen LogP contribution is 2.46. The van der Waals surface area contributed by atoms with E-state index in [-0.39, 0.29) is 10.6 Å². The van der Waals surface area contributed by atoms with Crippen molar-refractivity contribution in [2.75, 3.05) is 0 Å². The van der Waals surface area contributed by atoms with Gasteiger partial charge in [0.15, 0.2) is 5.69 Å². The first-order valence-electron chi connectivity index (χ1n) is 15.6. The van der Waals surface area contributed by atoms with E-state index in [2.05, 4.69) is 100 Å². The lowest BCUT2D eigenvalue weighted by Gasteiger charge is -2.18. The van der Waals surface area contributed by atoms with E-state index in [4.69, 9.17) is 11.6 Å². The summed E-state index contributed by atoms with van der Waals surface area (Å²) in [6.45, 7) is 7.71. The van der Waals surface area contributed by atoms with Gasteiger partial charge >= 0.3 is 0 Å². The third-order valence-corrected chi connectivity index (χ3v) is 9.32. The lowest BCUT2D eigenvalue weighted by molar-refractivity contribution is -0.384. The van der Waals surface area contributed by atoms with Crippen LogP contribution in [-0.4, -0.2) is 14.5 Å². The molecular formula is C42H24N4O2. The quantitative estimate of drug-likeness (QED) is 0.0855. The standard InChI is InChI=1S/C42H24N4O2/c1-43-28-16-22-39-37(25-28)36-24-27(15-21-38(36)45(39)29-17-19-30(20-18-29)46(47)48)40-31-10-2-4-12-33(31)41(34-13-5-3-11-32(34)40)35-14-6-8-26-9-7-23-44-42(26)35/h2-25H. The van der Waals surface area contributed by atoms with Crippen molar-refractivity contribution in [3.05, 3.63) is 167 Å². The zero-order valence-electron chi connectivity index (χ0n) is 25.5. The highest BCUT2D eigenvalue weighted by molar-refractivity contribution is 6.24. The van der Waals surface area contributed by atoms with E-state index in [1.54, 1.807) is 12.1 Å². The maximum Gasteiger partial charge on any atom is 0.269 e. The first-order chi connectivity index (χ1) is 23.6. The van der Waals surface area contributed by atoms with Crippen molar-refractivity contribution in [1.29, 1.82) is 0 Å². The largest absolute Gasteiger partial charge is 0.309 e. The fourth-order valence-corrected chi connectivity index (χ4v) is 7.27. The lowest BCUT2D eigenvalue weighted by atomic mass is 9.85. The third-order valence-electron chi connectivity index (χ3n) is 9.32. The van der Waals surface area contributed by atoms with Crippen LogP contribution >= 0.6 is 0 Å². The van der Waals surface area contributed by atoms with Gasteiger partial charge in [-0.3, -0.25) is 15.1 Å². The Hall–Kier alpha value is -6.84. The first-order valence-corrected chi connectivity index (χ1v) is 15.6. The summed E-state index contributed by atoms with van der Waals surface area (Å²) >= 11 is 0. The Morgan fingerprint density at radius 2 is 1.25 bits per heavy atom. The number of hydrogen-bond acceptors (Lipinski definition) is 3. The Morgan fingerprint density at radius 3 is 1.92 bits per heavy atom. The summed E-state index contributed by atoms with van der Waals surface area (Å²) in [5.41, 5.74) is 8.72. The average Bonchev–Trinajstić information content (AvgIpc) is 3.46. The molecule has 7 aromatic carbocycles. The van der Waals surface area contributed by atoms with Crippen LogP contribution in [0.25, 0.3) is 87.0 Å². The van der Waals surface area contributed by atoms with Gasteiger partial charge in [-0.2, -0.15) is 0 Å². The fourth-order valence-electron chi connectivity index (χ4n) is 7.27. The van der Waals surface area contributed by atoms with Crippen molar-refractivity contribution in [1.82, 2.24) is 9.55 Å². The van der Waals surface area contributed by atoms with Gasteiger partial charge in [0.1, 0.15) is 0 Å². The molecular weight excluding hydrogens is 592 g/mol. The molecule has 224 valence electrons. The molecule has 0 atom stereocenters. The molecule has 2 aromatic heterocycles. The second-order valence-electron chi connectivity index (χ2n) is 11.9. The summed E-state index contributed by atoms with van der Waals surface area (Å²) in [6.07, 6.45) is 1.85. The Balaban J connectivity index is 1.36. The minimum atomic E-state index is -0.388. The molecule has 9 rings (SSSR count). The van der Waals surface area contributed by atoms with Crippen LogP contribution in [0.3, 0.4) is 0 Å². The molecule has 0 saturated carbocycles. The van der Waals surface area contributed by atoms with Crippen LogP contribution in [0.15, 0.2) is 146 Å². The number of rotatable bonds is 4. The minimum Gasteiger partial charge on any atom is -0.309 e. The molecule has 6 nitrogen and oxygen atoms in total. The zero-order valence-corrected chi connectivity index (χ0v) is 25.5. The van der Waals surface area contributed by atoms with Crippen molar-refractivity contribution < 1.29 is 4.92 Å². The molecule has 0 aliphatic rings. The topological polar surface area (TPSA) is 65.3 Å². The van der Waals surface area contributed by atoms with Crippen LogP contribution in [0.1, 0.15) is 0 Å². The number of nitro groups is 1. The van der Waals surface area contributed by atoms with Gasteiger partial charge in [0, 0.05) is 40.4 Å². The molecule has 0 radical (unpaired) electrons. The number of aromatic nitrogens is 2. The summed E-state index contributed by atoms with van der Waals surface area (Å²) in [5, 5.41) is 19.0. The minimum absolute atomic E-state index is 0.0404. The molecule has 0 saturated heterocycles. The molecule has 0 unspecified atom stereocenters. The van der Waals surface area contributed by atoms with E-state index in [9.17, 15) is 10.1 Å². The van der Waals surface area contributed by atoms with Gasteiger partial charge in [-0.15, -0.1) is 0 Å². The number of fused-ring (bicyclic) bond motifs is 6. The van der Waals surface area contributed by atoms with E-state index in [1.165, 1.54) is 12.1 Å². The van der Waals surface area contributed by atoms with Gasteiger partial charge in [0.2, 0.25) is 0 Å². The van der Waals surface area contributed by atoms with Crippen LogP contribution in [-0.2, 0) is 0 Å². The van der Waals surface area contributed by atoms with Gasteiger partial charge in [-0.25, -0.2) is 4.85 Å². The molecule has 0 bridgehead atoms. The van der Waals surface area contributed by atoms with E-state index >= 15 is 0 Å². The van der Waals surface area contributed by atoms with E-state index < -0.39 is 0 Å². The van der Waals surface area contributed by atoms with Crippen LogP contribution in [0, 0.1) is 16.7 Å². The molecule has 0 N–H and O–H groups in total. The zero-order chi connectivity index (χ0) is 32.4. The molecule has 0 aliphatic carbocycles.